The number of aromatic nitrogens is 2. The molecule has 1 aliphatic rings. The molecular formula is C16H21N3OS. The predicted molar refractivity (Wildman–Crippen MR) is 85.3 cm³/mol. The van der Waals surface area contributed by atoms with Gasteiger partial charge in [0.2, 0.25) is 5.89 Å². The molecule has 5 heteroatoms. The van der Waals surface area contributed by atoms with Gasteiger partial charge in [-0.15, -0.1) is 11.8 Å². The van der Waals surface area contributed by atoms with E-state index < -0.39 is 0 Å². The zero-order valence-corrected chi connectivity index (χ0v) is 13.5. The number of fused-ring (bicyclic) bond motifs is 1. The van der Waals surface area contributed by atoms with Crippen LogP contribution in [0.1, 0.15) is 49.7 Å². The SMILES string of the molecule is CC(C)(C)SCc1noc(C2NCCc3ccccc32)n1. The van der Waals surface area contributed by atoms with E-state index in [-0.39, 0.29) is 10.8 Å². The van der Waals surface area contributed by atoms with Gasteiger partial charge in [-0.25, -0.2) is 0 Å². The van der Waals surface area contributed by atoms with Gasteiger partial charge in [0, 0.05) is 11.3 Å². The summed E-state index contributed by atoms with van der Waals surface area (Å²) in [5.74, 6) is 2.22. The maximum absolute atomic E-state index is 5.49. The Bertz CT molecular complexity index is 618. The lowest BCUT2D eigenvalue weighted by Crippen LogP contribution is -2.30. The molecule has 0 amide bonds. The Morgan fingerprint density at radius 2 is 2.14 bits per heavy atom. The van der Waals surface area contributed by atoms with E-state index >= 15 is 0 Å². The maximum Gasteiger partial charge on any atom is 0.248 e. The van der Waals surface area contributed by atoms with E-state index in [9.17, 15) is 0 Å². The summed E-state index contributed by atoms with van der Waals surface area (Å²) in [6.07, 6.45) is 1.05. The van der Waals surface area contributed by atoms with Gasteiger partial charge in [-0.2, -0.15) is 4.98 Å². The Kier molecular flexibility index (Phi) is 4.04. The molecule has 21 heavy (non-hydrogen) atoms. The second kappa shape index (κ2) is 5.81. The van der Waals surface area contributed by atoms with Crippen LogP contribution in [0.2, 0.25) is 0 Å². The molecule has 3 rings (SSSR count). The van der Waals surface area contributed by atoms with Crippen LogP contribution in [0.4, 0.5) is 0 Å². The lowest BCUT2D eigenvalue weighted by molar-refractivity contribution is 0.341. The number of nitrogens with zero attached hydrogens (tertiary/aromatic N) is 2. The number of hydrogen-bond acceptors (Lipinski definition) is 5. The van der Waals surface area contributed by atoms with Crippen LogP contribution in [0, 0.1) is 0 Å². The third-order valence-corrected chi connectivity index (χ3v) is 4.74. The van der Waals surface area contributed by atoms with Crippen LogP contribution in [-0.2, 0) is 12.2 Å². The molecule has 1 N–H and O–H groups in total. The van der Waals surface area contributed by atoms with Crippen molar-refractivity contribution in [2.24, 2.45) is 0 Å². The van der Waals surface area contributed by atoms with Crippen molar-refractivity contribution in [2.45, 2.75) is 43.7 Å². The third-order valence-electron chi connectivity index (χ3n) is 3.47. The Hall–Kier alpha value is -1.33. The van der Waals surface area contributed by atoms with Gasteiger partial charge >= 0.3 is 0 Å². The van der Waals surface area contributed by atoms with Gasteiger partial charge in [-0.3, -0.25) is 0 Å². The molecule has 112 valence electrons. The van der Waals surface area contributed by atoms with E-state index in [1.165, 1.54) is 11.1 Å². The first-order valence-corrected chi connectivity index (χ1v) is 8.29. The van der Waals surface area contributed by atoms with Crippen molar-refractivity contribution >= 4 is 11.8 Å². The normalized spacial score (nSPS) is 18.5. The van der Waals surface area contributed by atoms with Crippen LogP contribution in [0.5, 0.6) is 0 Å². The lowest BCUT2D eigenvalue weighted by Gasteiger charge is -2.23. The minimum absolute atomic E-state index is 0.0239. The predicted octanol–water partition coefficient (Wildman–Crippen LogP) is 3.34. The molecule has 1 unspecified atom stereocenters. The van der Waals surface area contributed by atoms with E-state index in [1.807, 2.05) is 11.8 Å². The summed E-state index contributed by atoms with van der Waals surface area (Å²) < 4.78 is 5.69. The van der Waals surface area contributed by atoms with E-state index in [4.69, 9.17) is 4.52 Å². The van der Waals surface area contributed by atoms with Crippen molar-refractivity contribution in [3.63, 3.8) is 0 Å². The fourth-order valence-electron chi connectivity index (χ4n) is 2.45. The summed E-state index contributed by atoms with van der Waals surface area (Å²) in [6, 6.07) is 8.48. The van der Waals surface area contributed by atoms with Crippen LogP contribution in [0.3, 0.4) is 0 Å². The average Bonchev–Trinajstić information content (AvgIpc) is 2.92. The van der Waals surface area contributed by atoms with Gasteiger partial charge in [0.25, 0.3) is 0 Å². The third kappa shape index (κ3) is 3.47. The van der Waals surface area contributed by atoms with Gasteiger partial charge in [-0.05, 0) is 17.5 Å². The van der Waals surface area contributed by atoms with Gasteiger partial charge < -0.3 is 9.84 Å². The molecule has 1 aromatic carbocycles. The zero-order valence-electron chi connectivity index (χ0n) is 12.7. The van der Waals surface area contributed by atoms with E-state index in [0.29, 0.717) is 5.89 Å². The second-order valence-corrected chi connectivity index (χ2v) is 8.09. The van der Waals surface area contributed by atoms with Crippen molar-refractivity contribution < 1.29 is 4.52 Å². The van der Waals surface area contributed by atoms with E-state index in [1.54, 1.807) is 0 Å². The number of rotatable bonds is 3. The van der Waals surface area contributed by atoms with E-state index in [0.717, 1.165) is 24.5 Å². The molecule has 1 atom stereocenters. The van der Waals surface area contributed by atoms with Crippen LogP contribution < -0.4 is 5.32 Å². The minimum Gasteiger partial charge on any atom is -0.337 e. The van der Waals surface area contributed by atoms with Gasteiger partial charge in [0.1, 0.15) is 6.04 Å². The molecule has 0 aliphatic carbocycles. The number of thioether (sulfide) groups is 1. The fraction of sp³-hybridized carbons (Fsp3) is 0.500. The first-order valence-electron chi connectivity index (χ1n) is 7.30. The number of benzene rings is 1. The highest BCUT2D eigenvalue weighted by molar-refractivity contribution is 7.99. The summed E-state index contributed by atoms with van der Waals surface area (Å²) in [7, 11) is 0. The van der Waals surface area contributed by atoms with Crippen molar-refractivity contribution in [3.8, 4) is 0 Å². The highest BCUT2D eigenvalue weighted by Crippen LogP contribution is 2.29. The Labute approximate surface area is 129 Å². The molecule has 1 aliphatic heterocycles. The molecule has 0 saturated heterocycles. The Morgan fingerprint density at radius 1 is 1.33 bits per heavy atom. The first kappa shape index (κ1) is 14.6. The summed E-state index contributed by atoms with van der Waals surface area (Å²) in [5, 5.41) is 7.59. The lowest BCUT2D eigenvalue weighted by atomic mass is 9.94. The molecule has 1 aromatic heterocycles. The summed E-state index contributed by atoms with van der Waals surface area (Å²) in [6.45, 7) is 7.52. The molecule has 2 aromatic rings. The maximum atomic E-state index is 5.49. The molecule has 0 spiro atoms. The monoisotopic (exact) mass is 303 g/mol. The van der Waals surface area contributed by atoms with Crippen molar-refractivity contribution in [1.29, 1.82) is 0 Å². The van der Waals surface area contributed by atoms with Gasteiger partial charge in [0.05, 0.1) is 5.75 Å². The highest BCUT2D eigenvalue weighted by atomic mass is 32.2. The molecule has 0 saturated carbocycles. The molecular weight excluding hydrogens is 282 g/mol. The molecule has 2 heterocycles. The van der Waals surface area contributed by atoms with Crippen molar-refractivity contribution in [3.05, 3.63) is 47.1 Å². The first-order chi connectivity index (χ1) is 10.0. The zero-order chi connectivity index (χ0) is 14.9. The summed E-state index contributed by atoms with van der Waals surface area (Å²) in [5.41, 5.74) is 2.62. The molecule has 0 fully saturated rings. The second-order valence-electron chi connectivity index (χ2n) is 6.29. The smallest absolute Gasteiger partial charge is 0.248 e. The van der Waals surface area contributed by atoms with Crippen LogP contribution in [0.15, 0.2) is 28.8 Å². The van der Waals surface area contributed by atoms with Gasteiger partial charge in [-0.1, -0.05) is 50.2 Å². The van der Waals surface area contributed by atoms with Crippen molar-refractivity contribution in [1.82, 2.24) is 15.5 Å². The standard InChI is InChI=1S/C16H21N3OS/c1-16(2,3)21-10-13-18-15(20-19-13)14-12-7-5-4-6-11(12)8-9-17-14/h4-7,14,17H,8-10H2,1-3H3. The largest absolute Gasteiger partial charge is 0.337 e. The van der Waals surface area contributed by atoms with Crippen LogP contribution in [0.25, 0.3) is 0 Å². The van der Waals surface area contributed by atoms with Crippen molar-refractivity contribution in [2.75, 3.05) is 6.54 Å². The van der Waals surface area contributed by atoms with Gasteiger partial charge in [0.15, 0.2) is 5.82 Å². The quantitative estimate of drug-likeness (QED) is 0.942. The highest BCUT2D eigenvalue weighted by Gasteiger charge is 2.26. The minimum atomic E-state index is 0.0239. The Morgan fingerprint density at radius 3 is 2.95 bits per heavy atom. The summed E-state index contributed by atoms with van der Waals surface area (Å²) >= 11 is 1.83. The molecule has 0 bridgehead atoms. The van der Waals surface area contributed by atoms with Crippen LogP contribution in [-0.4, -0.2) is 21.4 Å². The average molecular weight is 303 g/mol. The number of hydrogen-bond donors (Lipinski definition) is 1. The summed E-state index contributed by atoms with van der Waals surface area (Å²) in [4.78, 5) is 4.57. The van der Waals surface area contributed by atoms with Crippen LogP contribution >= 0.6 is 11.8 Å². The molecule has 0 radical (unpaired) electrons. The number of nitrogens with one attached hydrogen (secondary N) is 1. The Balaban J connectivity index is 1.78. The fourth-order valence-corrected chi connectivity index (χ4v) is 3.13. The van der Waals surface area contributed by atoms with E-state index in [2.05, 4.69) is 60.5 Å². The molecule has 4 nitrogen and oxygen atoms in total. The topological polar surface area (TPSA) is 51.0 Å².